The molecule has 1 aliphatic rings. The molecule has 5 nitrogen and oxygen atoms in total. The van der Waals surface area contributed by atoms with Crippen LogP contribution in [0, 0.1) is 6.92 Å². The van der Waals surface area contributed by atoms with Crippen LogP contribution in [-0.4, -0.2) is 55.1 Å². The molecule has 2 heterocycles. The first kappa shape index (κ1) is 22.2. The molecule has 1 aliphatic heterocycles. The van der Waals surface area contributed by atoms with Gasteiger partial charge in [-0.3, -0.25) is 9.69 Å². The Morgan fingerprint density at radius 3 is 2.44 bits per heavy atom. The number of alkyl halides is 3. The van der Waals surface area contributed by atoms with E-state index in [0.29, 0.717) is 43.2 Å². The van der Waals surface area contributed by atoms with Crippen molar-refractivity contribution in [2.24, 2.45) is 7.05 Å². The van der Waals surface area contributed by atoms with Crippen molar-refractivity contribution in [3.05, 3.63) is 59.3 Å². The average Bonchev–Trinajstić information content (AvgIpc) is 3.03. The van der Waals surface area contributed by atoms with Crippen molar-refractivity contribution >= 4 is 22.4 Å². The quantitative estimate of drug-likeness (QED) is 0.542. The number of piperazine rings is 1. The van der Waals surface area contributed by atoms with Gasteiger partial charge in [-0.2, -0.15) is 13.2 Å². The minimum atomic E-state index is -4.36. The molecule has 0 unspecified atom stereocenters. The van der Waals surface area contributed by atoms with Crippen LogP contribution in [0.4, 0.5) is 18.9 Å². The van der Waals surface area contributed by atoms with Crippen LogP contribution >= 0.6 is 0 Å². The van der Waals surface area contributed by atoms with E-state index in [4.69, 9.17) is 4.74 Å². The molecule has 3 aromatic rings. The fraction of sp³-hybridized carbons (Fsp3) is 0.375. The number of nitrogens with zero attached hydrogens (tertiary/aromatic N) is 3. The lowest BCUT2D eigenvalue weighted by molar-refractivity contribution is -0.137. The first-order valence-corrected chi connectivity index (χ1v) is 10.5. The van der Waals surface area contributed by atoms with E-state index in [0.717, 1.165) is 22.7 Å². The van der Waals surface area contributed by atoms with Crippen molar-refractivity contribution in [3.63, 3.8) is 0 Å². The summed E-state index contributed by atoms with van der Waals surface area (Å²) in [6.45, 7) is 4.55. The van der Waals surface area contributed by atoms with Gasteiger partial charge < -0.3 is 14.2 Å². The van der Waals surface area contributed by atoms with Crippen molar-refractivity contribution in [2.45, 2.75) is 13.1 Å². The van der Waals surface area contributed by atoms with Gasteiger partial charge in [0, 0.05) is 61.1 Å². The van der Waals surface area contributed by atoms with E-state index < -0.39 is 11.7 Å². The Hall–Kier alpha value is -3.00. The van der Waals surface area contributed by atoms with Gasteiger partial charge >= 0.3 is 6.18 Å². The van der Waals surface area contributed by atoms with Crippen LogP contribution in [0.3, 0.4) is 0 Å². The van der Waals surface area contributed by atoms with Gasteiger partial charge in [0.1, 0.15) is 5.75 Å². The number of methoxy groups -OCH3 is 1. The lowest BCUT2D eigenvalue weighted by atomic mass is 10.1. The molecule has 0 amide bonds. The number of benzene rings is 2. The summed E-state index contributed by atoms with van der Waals surface area (Å²) >= 11 is 0. The van der Waals surface area contributed by atoms with Gasteiger partial charge in [-0.1, -0.05) is 6.07 Å². The Morgan fingerprint density at radius 1 is 1.06 bits per heavy atom. The highest BCUT2D eigenvalue weighted by atomic mass is 19.4. The van der Waals surface area contributed by atoms with Gasteiger partial charge in [0.25, 0.3) is 0 Å². The lowest BCUT2D eigenvalue weighted by Crippen LogP contribution is -2.48. The normalized spacial score (nSPS) is 15.4. The molecular formula is C24H26F3N3O2. The number of hydrogen-bond donors (Lipinski definition) is 0. The molecular weight excluding hydrogens is 419 g/mol. The molecule has 1 saturated heterocycles. The number of fused-ring (bicyclic) bond motifs is 1. The summed E-state index contributed by atoms with van der Waals surface area (Å²) in [4.78, 5) is 17.2. The zero-order valence-electron chi connectivity index (χ0n) is 18.4. The van der Waals surface area contributed by atoms with Crippen molar-refractivity contribution in [2.75, 3.05) is 44.7 Å². The number of ether oxygens (including phenoxy) is 1. The summed E-state index contributed by atoms with van der Waals surface area (Å²) in [5, 5.41) is 0.872. The maximum atomic E-state index is 13.2. The highest BCUT2D eigenvalue weighted by Crippen LogP contribution is 2.32. The molecule has 0 N–H and O–H groups in total. The minimum absolute atomic E-state index is 0.0360. The van der Waals surface area contributed by atoms with Gasteiger partial charge in [-0.25, -0.2) is 0 Å². The number of ketones is 1. The molecule has 0 bridgehead atoms. The highest BCUT2D eigenvalue weighted by molar-refractivity contribution is 6.10. The lowest BCUT2D eigenvalue weighted by Gasteiger charge is -2.36. The molecule has 2 aromatic carbocycles. The number of anilines is 1. The van der Waals surface area contributed by atoms with E-state index in [9.17, 15) is 18.0 Å². The monoisotopic (exact) mass is 445 g/mol. The summed E-state index contributed by atoms with van der Waals surface area (Å²) in [6.07, 6.45) is -4.36. The van der Waals surface area contributed by atoms with E-state index in [-0.39, 0.29) is 12.3 Å². The second-order valence-electron chi connectivity index (χ2n) is 8.14. The fourth-order valence-electron chi connectivity index (χ4n) is 4.36. The molecule has 1 fully saturated rings. The molecule has 8 heteroatoms. The minimum Gasteiger partial charge on any atom is -0.497 e. The first-order chi connectivity index (χ1) is 15.2. The molecule has 32 heavy (non-hydrogen) atoms. The van der Waals surface area contributed by atoms with Gasteiger partial charge in [0.15, 0.2) is 5.78 Å². The average molecular weight is 445 g/mol. The second kappa shape index (κ2) is 8.50. The van der Waals surface area contributed by atoms with Gasteiger partial charge in [-0.05, 0) is 43.3 Å². The Kier molecular flexibility index (Phi) is 5.90. The SMILES string of the molecule is COc1ccc2c(c1)c(C(=O)CN1CCN(c3cccc(C(F)(F)F)c3)CC1)c(C)n2C. The molecule has 1 aromatic heterocycles. The van der Waals surface area contributed by atoms with E-state index in [2.05, 4.69) is 4.90 Å². The number of Topliss-reactive ketones (excluding diaryl/α,β-unsaturated/α-hetero) is 1. The molecule has 0 spiro atoms. The highest BCUT2D eigenvalue weighted by Gasteiger charge is 2.31. The largest absolute Gasteiger partial charge is 0.497 e. The third kappa shape index (κ3) is 4.19. The molecule has 0 radical (unpaired) electrons. The van der Waals surface area contributed by atoms with Crippen molar-refractivity contribution < 1.29 is 22.7 Å². The third-order valence-corrected chi connectivity index (χ3v) is 6.26. The van der Waals surface area contributed by atoms with Crippen LogP contribution < -0.4 is 9.64 Å². The van der Waals surface area contributed by atoms with Crippen molar-refractivity contribution in [1.29, 1.82) is 0 Å². The van der Waals surface area contributed by atoms with Crippen LogP contribution in [0.1, 0.15) is 21.6 Å². The Bertz CT molecular complexity index is 1150. The predicted octanol–water partition coefficient (Wildman–Crippen LogP) is 4.52. The molecule has 0 aliphatic carbocycles. The number of aromatic nitrogens is 1. The molecule has 0 atom stereocenters. The van der Waals surface area contributed by atoms with Crippen molar-refractivity contribution in [3.8, 4) is 5.75 Å². The molecule has 0 saturated carbocycles. The number of halogens is 3. The maximum absolute atomic E-state index is 13.2. The Labute approximate surface area is 185 Å². The van der Waals surface area contributed by atoms with E-state index in [1.807, 2.05) is 41.6 Å². The van der Waals surface area contributed by atoms with Gasteiger partial charge in [-0.15, -0.1) is 0 Å². The van der Waals surface area contributed by atoms with E-state index in [1.54, 1.807) is 13.2 Å². The Balaban J connectivity index is 1.46. The smallest absolute Gasteiger partial charge is 0.416 e. The summed E-state index contributed by atoms with van der Waals surface area (Å²) in [5.41, 5.74) is 2.49. The first-order valence-electron chi connectivity index (χ1n) is 10.5. The Morgan fingerprint density at radius 2 is 1.78 bits per heavy atom. The standard InChI is InChI=1S/C24H26F3N3O2/c1-16-23(20-14-19(32-3)7-8-21(20)28(16)2)22(31)15-29-9-11-30(12-10-29)18-6-4-5-17(13-18)24(25,26)27/h4-8,13-14H,9-12,15H2,1-3H3. The fourth-order valence-corrected chi connectivity index (χ4v) is 4.36. The number of carbonyl (C=O) groups excluding carboxylic acids is 1. The van der Waals surface area contributed by atoms with Gasteiger partial charge in [0.2, 0.25) is 0 Å². The van der Waals surface area contributed by atoms with Crippen LogP contribution in [0.2, 0.25) is 0 Å². The van der Waals surface area contributed by atoms with Crippen LogP contribution in [0.15, 0.2) is 42.5 Å². The number of carbonyl (C=O) groups is 1. The second-order valence-corrected chi connectivity index (χ2v) is 8.14. The van der Waals surface area contributed by atoms with Crippen LogP contribution in [-0.2, 0) is 13.2 Å². The van der Waals surface area contributed by atoms with Gasteiger partial charge in [0.05, 0.1) is 19.2 Å². The number of hydrogen-bond acceptors (Lipinski definition) is 4. The van der Waals surface area contributed by atoms with E-state index in [1.165, 1.54) is 12.1 Å². The zero-order chi connectivity index (χ0) is 23.0. The number of rotatable bonds is 5. The molecule has 170 valence electrons. The maximum Gasteiger partial charge on any atom is 0.416 e. The molecule has 4 rings (SSSR count). The summed E-state index contributed by atoms with van der Waals surface area (Å²) in [5.74, 6) is 0.737. The van der Waals surface area contributed by atoms with Crippen LogP contribution in [0.5, 0.6) is 5.75 Å². The van der Waals surface area contributed by atoms with Crippen molar-refractivity contribution in [1.82, 2.24) is 9.47 Å². The summed E-state index contributed by atoms with van der Waals surface area (Å²) < 4.78 is 46.4. The predicted molar refractivity (Wildman–Crippen MR) is 119 cm³/mol. The zero-order valence-corrected chi connectivity index (χ0v) is 18.4. The van der Waals surface area contributed by atoms with E-state index >= 15 is 0 Å². The summed E-state index contributed by atoms with van der Waals surface area (Å²) in [7, 11) is 3.54. The number of aryl methyl sites for hydroxylation is 1. The topological polar surface area (TPSA) is 37.7 Å². The van der Waals surface area contributed by atoms with Crippen LogP contribution in [0.25, 0.3) is 10.9 Å². The summed E-state index contributed by atoms with van der Waals surface area (Å²) in [6, 6.07) is 11.1. The third-order valence-electron chi connectivity index (χ3n) is 6.26.